The largest absolute Gasteiger partial charge is 0.378 e. The lowest BCUT2D eigenvalue weighted by Crippen LogP contribution is -2.38. The van der Waals surface area contributed by atoms with E-state index in [4.69, 9.17) is 9.47 Å². The number of rotatable bonds is 9. The molecule has 0 N–H and O–H groups in total. The normalized spacial score (nSPS) is 18.3. The number of carbonyl (C=O) groups excluding carboxylic acids is 1. The van der Waals surface area contributed by atoms with Crippen molar-refractivity contribution < 1.29 is 14.3 Å². The molecule has 1 unspecified atom stereocenters. The van der Waals surface area contributed by atoms with Crippen molar-refractivity contribution in [2.75, 3.05) is 43.6 Å². The summed E-state index contributed by atoms with van der Waals surface area (Å²) in [6, 6.07) is 12.4. The topological polar surface area (TPSA) is 74.4 Å². The lowest BCUT2D eigenvalue weighted by atomic mass is 10.2. The highest BCUT2D eigenvalue weighted by Crippen LogP contribution is 2.27. The molecule has 8 nitrogen and oxygen atoms in total. The van der Waals surface area contributed by atoms with Crippen LogP contribution in [0, 0.1) is 13.8 Å². The average molecular weight is 496 g/mol. The van der Waals surface area contributed by atoms with Crippen LogP contribution in [-0.2, 0) is 22.6 Å². The summed E-state index contributed by atoms with van der Waals surface area (Å²) < 4.78 is 15.8. The van der Waals surface area contributed by atoms with E-state index in [1.807, 2.05) is 31.2 Å². The van der Waals surface area contributed by atoms with Crippen LogP contribution in [0.15, 0.2) is 41.6 Å². The summed E-state index contributed by atoms with van der Waals surface area (Å²) >= 11 is 1.46. The number of hydrogen-bond donors (Lipinski definition) is 0. The second-order valence-electron chi connectivity index (χ2n) is 9.20. The fourth-order valence-corrected chi connectivity index (χ4v) is 5.66. The number of benzene rings is 1. The van der Waals surface area contributed by atoms with E-state index in [2.05, 4.69) is 43.3 Å². The minimum Gasteiger partial charge on any atom is -0.378 e. The molecule has 2 aromatic heterocycles. The molecule has 186 valence electrons. The molecule has 5 rings (SSSR count). The van der Waals surface area contributed by atoms with Gasteiger partial charge in [-0.2, -0.15) is 0 Å². The second kappa shape index (κ2) is 11.0. The number of ether oxygens (including phenoxy) is 2. The zero-order chi connectivity index (χ0) is 24.2. The minimum absolute atomic E-state index is 0.113. The van der Waals surface area contributed by atoms with Gasteiger partial charge in [0.2, 0.25) is 5.95 Å². The van der Waals surface area contributed by atoms with E-state index in [0.29, 0.717) is 25.5 Å². The number of ketones is 1. The van der Waals surface area contributed by atoms with Gasteiger partial charge in [0.1, 0.15) is 0 Å². The van der Waals surface area contributed by atoms with Crippen molar-refractivity contribution in [1.29, 1.82) is 0 Å². The van der Waals surface area contributed by atoms with Gasteiger partial charge < -0.3 is 18.9 Å². The van der Waals surface area contributed by atoms with Gasteiger partial charge in [0.25, 0.3) is 0 Å². The van der Waals surface area contributed by atoms with Crippen molar-refractivity contribution in [3.05, 3.63) is 58.9 Å². The fourth-order valence-electron chi connectivity index (χ4n) is 4.84. The van der Waals surface area contributed by atoms with Crippen LogP contribution in [0.3, 0.4) is 0 Å². The first-order chi connectivity index (χ1) is 17.1. The van der Waals surface area contributed by atoms with E-state index in [1.165, 1.54) is 17.3 Å². The molecule has 0 saturated carbocycles. The molecule has 0 bridgehead atoms. The maximum Gasteiger partial charge on any atom is 0.228 e. The van der Waals surface area contributed by atoms with Crippen LogP contribution < -0.4 is 4.90 Å². The molecule has 2 saturated heterocycles. The predicted octanol–water partition coefficient (Wildman–Crippen LogP) is 3.74. The van der Waals surface area contributed by atoms with Gasteiger partial charge in [0.15, 0.2) is 10.9 Å². The standard InChI is InChI=1S/C26H33N5O3S/c1-19-15-23(20(2)30(19)16-21-7-4-3-5-8-21)24(32)18-35-26-28-27-25(29-10-13-33-14-11-29)31(26)17-22-9-6-12-34-22/h3-5,7-8,15,22H,6,9-14,16-18H2,1-2H3. The second-order valence-corrected chi connectivity index (χ2v) is 10.1. The van der Waals surface area contributed by atoms with Crippen molar-refractivity contribution in [3.63, 3.8) is 0 Å². The van der Waals surface area contributed by atoms with Crippen molar-refractivity contribution in [2.24, 2.45) is 0 Å². The van der Waals surface area contributed by atoms with E-state index in [1.54, 1.807) is 0 Å². The molecular formula is C26H33N5O3S. The van der Waals surface area contributed by atoms with Gasteiger partial charge in [0.05, 0.1) is 31.6 Å². The lowest BCUT2D eigenvalue weighted by molar-refractivity contribution is 0.0942. The number of morpholine rings is 1. The van der Waals surface area contributed by atoms with Crippen LogP contribution in [0.25, 0.3) is 0 Å². The molecule has 0 radical (unpaired) electrons. The van der Waals surface area contributed by atoms with Crippen LogP contribution in [-0.4, -0.2) is 69.9 Å². The Kier molecular flexibility index (Phi) is 7.55. The highest BCUT2D eigenvalue weighted by molar-refractivity contribution is 7.99. The molecule has 1 atom stereocenters. The Balaban J connectivity index is 1.31. The summed E-state index contributed by atoms with van der Waals surface area (Å²) in [6.07, 6.45) is 2.29. The smallest absolute Gasteiger partial charge is 0.228 e. The number of thioether (sulfide) groups is 1. The number of aryl methyl sites for hydroxylation is 1. The van der Waals surface area contributed by atoms with E-state index in [9.17, 15) is 4.79 Å². The molecule has 2 aliphatic heterocycles. The van der Waals surface area contributed by atoms with Gasteiger partial charge in [0, 0.05) is 43.2 Å². The van der Waals surface area contributed by atoms with Crippen molar-refractivity contribution in [2.45, 2.75) is 51.0 Å². The molecule has 3 aromatic rings. The summed E-state index contributed by atoms with van der Waals surface area (Å²) in [5.41, 5.74) is 4.10. The van der Waals surface area contributed by atoms with Crippen molar-refractivity contribution >= 4 is 23.5 Å². The first kappa shape index (κ1) is 24.1. The molecule has 2 fully saturated rings. The third-order valence-corrected chi connectivity index (χ3v) is 7.76. The Hall–Kier alpha value is -2.62. The number of Topliss-reactive ketones (excluding diaryl/α,β-unsaturated/α-hetero) is 1. The number of anilines is 1. The van der Waals surface area contributed by atoms with Crippen LogP contribution in [0.2, 0.25) is 0 Å². The van der Waals surface area contributed by atoms with E-state index < -0.39 is 0 Å². The van der Waals surface area contributed by atoms with E-state index in [-0.39, 0.29) is 11.9 Å². The van der Waals surface area contributed by atoms with Crippen LogP contribution in [0.4, 0.5) is 5.95 Å². The number of nitrogens with zero attached hydrogens (tertiary/aromatic N) is 5. The van der Waals surface area contributed by atoms with Crippen molar-refractivity contribution in [1.82, 2.24) is 19.3 Å². The van der Waals surface area contributed by atoms with Gasteiger partial charge in [-0.15, -0.1) is 10.2 Å². The molecule has 0 amide bonds. The SMILES string of the molecule is Cc1cc(C(=O)CSc2nnc(N3CCOCC3)n2CC2CCCO2)c(C)n1Cc1ccccc1. The molecule has 0 aliphatic carbocycles. The highest BCUT2D eigenvalue weighted by atomic mass is 32.2. The van der Waals surface area contributed by atoms with Crippen molar-refractivity contribution in [3.8, 4) is 0 Å². The Morgan fingerprint density at radius 3 is 2.63 bits per heavy atom. The summed E-state index contributed by atoms with van der Waals surface area (Å²) in [5.74, 6) is 1.28. The molecule has 1 aromatic carbocycles. The summed E-state index contributed by atoms with van der Waals surface area (Å²) in [7, 11) is 0. The first-order valence-electron chi connectivity index (χ1n) is 12.3. The van der Waals surface area contributed by atoms with Crippen LogP contribution in [0.5, 0.6) is 0 Å². The monoisotopic (exact) mass is 495 g/mol. The Bertz CT molecular complexity index is 1150. The van der Waals surface area contributed by atoms with E-state index in [0.717, 1.165) is 67.1 Å². The zero-order valence-electron chi connectivity index (χ0n) is 20.5. The summed E-state index contributed by atoms with van der Waals surface area (Å²) in [5, 5.41) is 9.76. The van der Waals surface area contributed by atoms with E-state index >= 15 is 0 Å². The number of carbonyl (C=O) groups is 1. The highest BCUT2D eigenvalue weighted by Gasteiger charge is 2.26. The maximum atomic E-state index is 13.3. The summed E-state index contributed by atoms with van der Waals surface area (Å²) in [6.45, 7) is 9.33. The third kappa shape index (κ3) is 5.47. The molecule has 35 heavy (non-hydrogen) atoms. The zero-order valence-corrected chi connectivity index (χ0v) is 21.3. The molecule has 4 heterocycles. The maximum absolute atomic E-state index is 13.3. The molecule has 0 spiro atoms. The van der Waals surface area contributed by atoms with Gasteiger partial charge in [-0.05, 0) is 38.3 Å². The van der Waals surface area contributed by atoms with Gasteiger partial charge in [-0.1, -0.05) is 42.1 Å². The average Bonchev–Trinajstić information content (AvgIpc) is 3.61. The Morgan fingerprint density at radius 2 is 1.89 bits per heavy atom. The molecule has 9 heteroatoms. The predicted molar refractivity (Wildman–Crippen MR) is 137 cm³/mol. The minimum atomic E-state index is 0.113. The first-order valence-corrected chi connectivity index (χ1v) is 13.3. The Morgan fingerprint density at radius 1 is 1.09 bits per heavy atom. The van der Waals surface area contributed by atoms with Gasteiger partial charge >= 0.3 is 0 Å². The fraction of sp³-hybridized carbons (Fsp3) is 0.500. The van der Waals surface area contributed by atoms with Gasteiger partial charge in [-0.3, -0.25) is 9.36 Å². The Labute approximate surface area is 210 Å². The third-order valence-electron chi connectivity index (χ3n) is 6.79. The van der Waals surface area contributed by atoms with Crippen LogP contribution >= 0.6 is 11.8 Å². The molecule has 2 aliphatic rings. The number of aromatic nitrogens is 4. The van der Waals surface area contributed by atoms with Crippen LogP contribution in [0.1, 0.15) is 40.2 Å². The van der Waals surface area contributed by atoms with Gasteiger partial charge in [-0.25, -0.2) is 0 Å². The number of hydrogen-bond acceptors (Lipinski definition) is 7. The lowest BCUT2D eigenvalue weighted by Gasteiger charge is -2.28. The molecular weight excluding hydrogens is 462 g/mol. The summed E-state index contributed by atoms with van der Waals surface area (Å²) in [4.78, 5) is 15.5. The quantitative estimate of drug-likeness (QED) is 0.331.